The molecule has 1 aromatic heterocycles. The minimum atomic E-state index is -1.39. The average molecular weight is 274 g/mol. The highest BCUT2D eigenvalue weighted by atomic mass is 16.6. The van der Waals surface area contributed by atoms with Crippen molar-refractivity contribution in [2.24, 2.45) is 0 Å². The summed E-state index contributed by atoms with van der Waals surface area (Å²) < 4.78 is 5.36. The van der Waals surface area contributed by atoms with Gasteiger partial charge in [-0.1, -0.05) is 6.07 Å². The molecule has 0 saturated carbocycles. The van der Waals surface area contributed by atoms with Crippen LogP contribution >= 0.6 is 0 Å². The molecule has 0 radical (unpaired) electrons. The molecule has 0 saturated heterocycles. The summed E-state index contributed by atoms with van der Waals surface area (Å²) >= 11 is 0. The Bertz CT molecular complexity index is 667. The van der Waals surface area contributed by atoms with Crippen LogP contribution in [0.5, 0.6) is 11.6 Å². The molecule has 2 aromatic rings. The summed E-state index contributed by atoms with van der Waals surface area (Å²) in [4.78, 5) is 25.0. The monoisotopic (exact) mass is 274 g/mol. The van der Waals surface area contributed by atoms with Gasteiger partial charge in [0.2, 0.25) is 5.88 Å². The number of nitro benzene ring substituents is 1. The van der Waals surface area contributed by atoms with Crippen LogP contribution in [-0.2, 0) is 0 Å². The van der Waals surface area contributed by atoms with Crippen LogP contribution in [0.1, 0.15) is 15.9 Å². The van der Waals surface area contributed by atoms with E-state index in [1.807, 2.05) is 6.92 Å². The Morgan fingerprint density at radius 1 is 1.35 bits per heavy atom. The van der Waals surface area contributed by atoms with E-state index in [2.05, 4.69) is 4.98 Å². The third kappa shape index (κ3) is 2.89. The van der Waals surface area contributed by atoms with Gasteiger partial charge in [-0.05, 0) is 18.6 Å². The molecular weight excluding hydrogens is 264 g/mol. The zero-order chi connectivity index (χ0) is 14.7. The van der Waals surface area contributed by atoms with E-state index in [0.717, 1.165) is 17.7 Å². The Morgan fingerprint density at radius 3 is 2.65 bits per heavy atom. The highest BCUT2D eigenvalue weighted by molar-refractivity contribution is 5.92. The topological polar surface area (TPSA) is 103 Å². The van der Waals surface area contributed by atoms with E-state index >= 15 is 0 Å². The lowest BCUT2D eigenvalue weighted by Crippen LogP contribution is -2.03. The molecule has 0 aliphatic rings. The number of nitro groups is 1. The number of benzene rings is 1. The lowest BCUT2D eigenvalue weighted by Gasteiger charge is -2.06. The van der Waals surface area contributed by atoms with E-state index < -0.39 is 22.1 Å². The molecule has 102 valence electrons. The molecule has 0 fully saturated rings. The van der Waals surface area contributed by atoms with Crippen LogP contribution in [-0.4, -0.2) is 21.0 Å². The number of carboxylic acid groups (broad SMARTS) is 1. The summed E-state index contributed by atoms with van der Waals surface area (Å²) in [6.45, 7) is 1.87. The van der Waals surface area contributed by atoms with Crippen LogP contribution in [0.25, 0.3) is 0 Å². The van der Waals surface area contributed by atoms with Gasteiger partial charge in [-0.15, -0.1) is 0 Å². The standard InChI is InChI=1S/C13H10N2O5/c1-8-2-5-12(14-7-8)20-9-3-4-11(15(18)19)10(6-9)13(16)17/h2-7H,1H3,(H,16,17). The zero-order valence-corrected chi connectivity index (χ0v) is 10.4. The molecule has 7 heteroatoms. The summed E-state index contributed by atoms with van der Waals surface area (Å²) in [5.74, 6) is -0.941. The number of carbonyl (C=O) groups is 1. The van der Waals surface area contributed by atoms with Crippen LogP contribution in [0.2, 0.25) is 0 Å². The number of hydrogen-bond acceptors (Lipinski definition) is 5. The Balaban J connectivity index is 2.34. The number of carboxylic acids is 1. The lowest BCUT2D eigenvalue weighted by atomic mass is 10.1. The first-order valence-electron chi connectivity index (χ1n) is 5.59. The Labute approximate surface area is 113 Å². The third-order valence-electron chi connectivity index (χ3n) is 2.50. The first kappa shape index (κ1) is 13.5. The SMILES string of the molecule is Cc1ccc(Oc2ccc([N+](=O)[O-])c(C(=O)O)c2)nc1. The van der Waals surface area contributed by atoms with Gasteiger partial charge in [0, 0.05) is 24.4 Å². The predicted octanol–water partition coefficient (Wildman–Crippen LogP) is 2.79. The van der Waals surface area contributed by atoms with Gasteiger partial charge in [0.1, 0.15) is 11.3 Å². The first-order valence-corrected chi connectivity index (χ1v) is 5.59. The maximum atomic E-state index is 11.0. The second-order valence-corrected chi connectivity index (χ2v) is 4.02. The average Bonchev–Trinajstić information content (AvgIpc) is 2.41. The normalized spacial score (nSPS) is 10.1. The van der Waals surface area contributed by atoms with Gasteiger partial charge < -0.3 is 9.84 Å². The van der Waals surface area contributed by atoms with Gasteiger partial charge in [-0.3, -0.25) is 10.1 Å². The van der Waals surface area contributed by atoms with Gasteiger partial charge in [-0.2, -0.15) is 0 Å². The Kier molecular flexibility index (Phi) is 3.60. The highest BCUT2D eigenvalue weighted by Crippen LogP contribution is 2.27. The maximum absolute atomic E-state index is 11.0. The number of pyridine rings is 1. The molecule has 1 N–H and O–H groups in total. The molecule has 7 nitrogen and oxygen atoms in total. The van der Waals surface area contributed by atoms with Crippen molar-refractivity contribution in [2.45, 2.75) is 6.92 Å². The van der Waals surface area contributed by atoms with Crippen LogP contribution in [0.15, 0.2) is 36.5 Å². The molecule has 20 heavy (non-hydrogen) atoms. The first-order chi connectivity index (χ1) is 9.47. The van der Waals surface area contributed by atoms with E-state index in [1.165, 1.54) is 6.07 Å². The summed E-state index contributed by atoms with van der Waals surface area (Å²) in [7, 11) is 0. The van der Waals surface area contributed by atoms with Gasteiger partial charge in [-0.25, -0.2) is 9.78 Å². The predicted molar refractivity (Wildman–Crippen MR) is 69.1 cm³/mol. The van der Waals surface area contributed by atoms with Gasteiger partial charge in [0.25, 0.3) is 5.69 Å². The molecule has 1 heterocycles. The Hall–Kier alpha value is -2.96. The fourth-order valence-corrected chi connectivity index (χ4v) is 1.54. The van der Waals surface area contributed by atoms with Crippen molar-refractivity contribution in [3.8, 4) is 11.6 Å². The largest absolute Gasteiger partial charge is 0.477 e. The second kappa shape index (κ2) is 5.35. The van der Waals surface area contributed by atoms with Crippen molar-refractivity contribution in [3.63, 3.8) is 0 Å². The number of ether oxygens (including phenoxy) is 1. The van der Waals surface area contributed by atoms with Crippen LogP contribution in [0, 0.1) is 17.0 Å². The van der Waals surface area contributed by atoms with E-state index in [9.17, 15) is 14.9 Å². The third-order valence-corrected chi connectivity index (χ3v) is 2.50. The van der Waals surface area contributed by atoms with Crippen LogP contribution in [0.3, 0.4) is 0 Å². The number of rotatable bonds is 4. The van der Waals surface area contributed by atoms with Crippen molar-refractivity contribution in [1.29, 1.82) is 0 Å². The van der Waals surface area contributed by atoms with Crippen molar-refractivity contribution in [2.75, 3.05) is 0 Å². The molecule has 0 unspecified atom stereocenters. The molecule has 0 amide bonds. The number of hydrogen-bond donors (Lipinski definition) is 1. The summed E-state index contributed by atoms with van der Waals surface area (Å²) in [6.07, 6.45) is 1.60. The van der Waals surface area contributed by atoms with Crippen molar-refractivity contribution < 1.29 is 19.6 Å². The lowest BCUT2D eigenvalue weighted by molar-refractivity contribution is -0.385. The van der Waals surface area contributed by atoms with Crippen LogP contribution < -0.4 is 4.74 Å². The van der Waals surface area contributed by atoms with E-state index in [0.29, 0.717) is 0 Å². The molecule has 1 aromatic carbocycles. The van der Waals surface area contributed by atoms with Crippen LogP contribution in [0.4, 0.5) is 5.69 Å². The molecule has 0 atom stereocenters. The molecule has 0 aliphatic heterocycles. The van der Waals surface area contributed by atoms with Crippen molar-refractivity contribution in [3.05, 3.63) is 57.8 Å². The summed E-state index contributed by atoms with van der Waals surface area (Å²) in [5, 5.41) is 19.7. The minimum absolute atomic E-state index is 0.171. The minimum Gasteiger partial charge on any atom is -0.477 e. The van der Waals surface area contributed by atoms with E-state index in [4.69, 9.17) is 9.84 Å². The number of nitrogens with zero attached hydrogens (tertiary/aromatic N) is 2. The van der Waals surface area contributed by atoms with Gasteiger partial charge in [0.15, 0.2) is 0 Å². The maximum Gasteiger partial charge on any atom is 0.342 e. The molecule has 0 aliphatic carbocycles. The Morgan fingerprint density at radius 2 is 2.10 bits per heavy atom. The quantitative estimate of drug-likeness (QED) is 0.679. The molecule has 2 rings (SSSR count). The van der Waals surface area contributed by atoms with E-state index in [1.54, 1.807) is 18.3 Å². The number of aromatic nitrogens is 1. The number of aryl methyl sites for hydroxylation is 1. The molecular formula is C13H10N2O5. The molecule has 0 spiro atoms. The smallest absolute Gasteiger partial charge is 0.342 e. The van der Waals surface area contributed by atoms with Gasteiger partial charge >= 0.3 is 5.97 Å². The fraction of sp³-hybridized carbons (Fsp3) is 0.0769. The summed E-state index contributed by atoms with van der Waals surface area (Å²) in [6, 6.07) is 6.92. The summed E-state index contributed by atoms with van der Waals surface area (Å²) in [5.41, 5.74) is 0.0357. The number of aromatic carboxylic acids is 1. The van der Waals surface area contributed by atoms with Crippen molar-refractivity contribution in [1.82, 2.24) is 4.98 Å². The fourth-order valence-electron chi connectivity index (χ4n) is 1.54. The second-order valence-electron chi connectivity index (χ2n) is 4.02. The van der Waals surface area contributed by atoms with Gasteiger partial charge in [0.05, 0.1) is 4.92 Å². The van der Waals surface area contributed by atoms with E-state index in [-0.39, 0.29) is 11.6 Å². The zero-order valence-electron chi connectivity index (χ0n) is 10.4. The highest BCUT2D eigenvalue weighted by Gasteiger charge is 2.20. The molecule has 0 bridgehead atoms. The van der Waals surface area contributed by atoms with Crippen molar-refractivity contribution >= 4 is 11.7 Å².